The third-order valence-electron chi connectivity index (χ3n) is 3.28. The number of carboxylic acid groups (broad SMARTS) is 1. The second-order valence-corrected chi connectivity index (χ2v) is 5.88. The molecule has 1 N–H and O–H groups in total. The van der Waals surface area contributed by atoms with E-state index in [2.05, 4.69) is 0 Å². The van der Waals surface area contributed by atoms with Crippen LogP contribution in [0.4, 0.5) is 4.79 Å². The number of carboxylic acids is 1. The fourth-order valence-electron chi connectivity index (χ4n) is 2.44. The minimum Gasteiger partial charge on any atom is -0.480 e. The molecule has 0 radical (unpaired) electrons. The molecule has 96 valence electrons. The first-order valence-corrected chi connectivity index (χ1v) is 6.04. The Morgan fingerprint density at radius 1 is 1.29 bits per heavy atom. The van der Waals surface area contributed by atoms with Crippen molar-refractivity contribution in [2.75, 3.05) is 0 Å². The van der Waals surface area contributed by atoms with Gasteiger partial charge in [-0.1, -0.05) is 0 Å². The van der Waals surface area contributed by atoms with Crippen molar-refractivity contribution < 1.29 is 19.4 Å². The zero-order valence-corrected chi connectivity index (χ0v) is 10.5. The summed E-state index contributed by atoms with van der Waals surface area (Å²) in [7, 11) is 0. The van der Waals surface area contributed by atoms with Crippen LogP contribution < -0.4 is 0 Å². The van der Waals surface area contributed by atoms with Gasteiger partial charge >= 0.3 is 12.1 Å². The van der Waals surface area contributed by atoms with Gasteiger partial charge in [0.05, 0.1) is 0 Å². The molecule has 2 aliphatic rings. The lowest BCUT2D eigenvalue weighted by molar-refractivity contribution is -0.144. The molecule has 1 saturated carbocycles. The van der Waals surface area contributed by atoms with Crippen molar-refractivity contribution in [2.45, 2.75) is 57.7 Å². The minimum absolute atomic E-state index is 0.0831. The smallest absolute Gasteiger partial charge is 0.411 e. The second kappa shape index (κ2) is 3.89. The predicted octanol–water partition coefficient (Wildman–Crippen LogP) is 1.86. The van der Waals surface area contributed by atoms with E-state index in [1.807, 2.05) is 0 Å². The molecule has 1 aliphatic heterocycles. The molecule has 0 bridgehead atoms. The van der Waals surface area contributed by atoms with Crippen molar-refractivity contribution >= 4 is 12.1 Å². The molecule has 2 rings (SSSR count). The highest BCUT2D eigenvalue weighted by Gasteiger charge is 2.53. The van der Waals surface area contributed by atoms with Crippen LogP contribution in [0.3, 0.4) is 0 Å². The maximum atomic E-state index is 12.0. The van der Waals surface area contributed by atoms with Gasteiger partial charge in [-0.15, -0.1) is 0 Å². The number of aliphatic carboxylic acids is 1. The van der Waals surface area contributed by atoms with Crippen LogP contribution >= 0.6 is 0 Å². The van der Waals surface area contributed by atoms with E-state index in [0.29, 0.717) is 12.3 Å². The summed E-state index contributed by atoms with van der Waals surface area (Å²) in [5, 5.41) is 9.14. The van der Waals surface area contributed by atoms with Crippen molar-refractivity contribution in [1.29, 1.82) is 0 Å². The maximum Gasteiger partial charge on any atom is 0.411 e. The van der Waals surface area contributed by atoms with E-state index >= 15 is 0 Å². The van der Waals surface area contributed by atoms with Crippen LogP contribution in [0.25, 0.3) is 0 Å². The molecule has 0 spiro atoms. The van der Waals surface area contributed by atoms with Crippen molar-refractivity contribution in [3.8, 4) is 0 Å². The van der Waals surface area contributed by atoms with E-state index in [1.54, 1.807) is 20.8 Å². The average molecular weight is 241 g/mol. The van der Waals surface area contributed by atoms with Crippen molar-refractivity contribution in [1.82, 2.24) is 4.90 Å². The highest BCUT2D eigenvalue weighted by Crippen LogP contribution is 2.45. The standard InChI is InChI=1S/C12H19NO4/c1-12(2,3)17-11(16)13-8(10(14)15)5-4-7-6-9(7)13/h7-9H,4-6H2,1-3H3,(H,14,15)/t7-,8+,9+/m1/s1. The van der Waals surface area contributed by atoms with Gasteiger partial charge in [-0.05, 0) is 46.0 Å². The molecular weight excluding hydrogens is 222 g/mol. The van der Waals surface area contributed by atoms with Crippen LogP contribution in [0.5, 0.6) is 0 Å². The van der Waals surface area contributed by atoms with E-state index in [0.717, 1.165) is 12.8 Å². The number of likely N-dealkylation sites (tertiary alicyclic amines) is 1. The number of piperidine rings is 1. The van der Waals surface area contributed by atoms with E-state index in [9.17, 15) is 9.59 Å². The van der Waals surface area contributed by atoms with Gasteiger partial charge in [0.2, 0.25) is 0 Å². The molecule has 1 heterocycles. The van der Waals surface area contributed by atoms with E-state index in [-0.39, 0.29) is 6.04 Å². The van der Waals surface area contributed by atoms with Gasteiger partial charge in [0, 0.05) is 6.04 Å². The number of fused-ring (bicyclic) bond motifs is 1. The van der Waals surface area contributed by atoms with Crippen LogP contribution in [0.2, 0.25) is 0 Å². The Labute approximate surface area is 101 Å². The number of amides is 1. The zero-order valence-electron chi connectivity index (χ0n) is 10.5. The number of hydrogen-bond acceptors (Lipinski definition) is 3. The summed E-state index contributed by atoms with van der Waals surface area (Å²) >= 11 is 0. The lowest BCUT2D eigenvalue weighted by Gasteiger charge is -2.34. The summed E-state index contributed by atoms with van der Waals surface area (Å²) in [5.74, 6) is -0.445. The van der Waals surface area contributed by atoms with E-state index in [4.69, 9.17) is 9.84 Å². The Balaban J connectivity index is 2.10. The quantitative estimate of drug-likeness (QED) is 0.761. The first kappa shape index (κ1) is 12.2. The summed E-state index contributed by atoms with van der Waals surface area (Å²) in [6, 6.07) is -0.631. The molecule has 5 nitrogen and oxygen atoms in total. The summed E-state index contributed by atoms with van der Waals surface area (Å²) in [4.78, 5) is 24.6. The van der Waals surface area contributed by atoms with Gasteiger partial charge in [-0.3, -0.25) is 4.90 Å². The fourth-order valence-corrected chi connectivity index (χ4v) is 2.44. The number of ether oxygens (including phenoxy) is 1. The number of nitrogens with zero attached hydrogens (tertiary/aromatic N) is 1. The molecule has 3 atom stereocenters. The highest BCUT2D eigenvalue weighted by atomic mass is 16.6. The Morgan fingerprint density at radius 2 is 1.94 bits per heavy atom. The maximum absolute atomic E-state index is 12.0. The van der Waals surface area contributed by atoms with Gasteiger partial charge in [-0.25, -0.2) is 9.59 Å². The molecule has 1 saturated heterocycles. The molecule has 2 fully saturated rings. The predicted molar refractivity (Wildman–Crippen MR) is 60.6 cm³/mol. The van der Waals surface area contributed by atoms with Crippen molar-refractivity contribution in [3.05, 3.63) is 0 Å². The van der Waals surface area contributed by atoms with Crippen LogP contribution in [-0.4, -0.2) is 39.8 Å². The third kappa shape index (κ3) is 2.53. The van der Waals surface area contributed by atoms with Gasteiger partial charge in [0.1, 0.15) is 11.6 Å². The molecule has 1 amide bonds. The lowest BCUT2D eigenvalue weighted by atomic mass is 10.0. The summed E-state index contributed by atoms with van der Waals surface area (Å²) in [5.41, 5.74) is -0.581. The van der Waals surface area contributed by atoms with Crippen LogP contribution in [0.1, 0.15) is 40.0 Å². The lowest BCUT2D eigenvalue weighted by Crippen LogP contribution is -2.50. The Bertz CT molecular complexity index is 347. The summed E-state index contributed by atoms with van der Waals surface area (Å²) in [6.45, 7) is 5.36. The van der Waals surface area contributed by atoms with Crippen LogP contribution in [-0.2, 0) is 9.53 Å². The van der Waals surface area contributed by atoms with E-state index in [1.165, 1.54) is 4.90 Å². The van der Waals surface area contributed by atoms with Crippen molar-refractivity contribution in [3.63, 3.8) is 0 Å². The monoisotopic (exact) mass is 241 g/mol. The first-order chi connectivity index (χ1) is 7.79. The normalized spacial score (nSPS) is 31.7. The fraction of sp³-hybridized carbons (Fsp3) is 0.833. The largest absolute Gasteiger partial charge is 0.480 e. The molecule has 17 heavy (non-hydrogen) atoms. The van der Waals surface area contributed by atoms with Crippen LogP contribution in [0.15, 0.2) is 0 Å². The highest BCUT2D eigenvalue weighted by molar-refractivity contribution is 5.81. The molecular formula is C12H19NO4. The molecule has 0 unspecified atom stereocenters. The molecule has 0 aromatic heterocycles. The summed E-state index contributed by atoms with van der Waals surface area (Å²) < 4.78 is 5.28. The van der Waals surface area contributed by atoms with E-state index < -0.39 is 23.7 Å². The topological polar surface area (TPSA) is 66.8 Å². The molecule has 0 aromatic rings. The number of carbonyl (C=O) groups is 2. The van der Waals surface area contributed by atoms with Gasteiger partial charge in [-0.2, -0.15) is 0 Å². The van der Waals surface area contributed by atoms with Crippen LogP contribution in [0, 0.1) is 5.92 Å². The zero-order chi connectivity index (χ0) is 12.8. The Morgan fingerprint density at radius 3 is 2.47 bits per heavy atom. The molecule has 1 aliphatic carbocycles. The van der Waals surface area contributed by atoms with Gasteiger partial charge < -0.3 is 9.84 Å². The Hall–Kier alpha value is -1.26. The summed E-state index contributed by atoms with van der Waals surface area (Å²) in [6.07, 6.45) is 1.87. The Kier molecular flexibility index (Phi) is 2.79. The number of rotatable bonds is 1. The SMILES string of the molecule is CC(C)(C)OC(=O)N1[C@H](C(=O)O)CC[C@@H]2C[C@@H]21. The molecule has 0 aromatic carbocycles. The van der Waals surface area contributed by atoms with Gasteiger partial charge in [0.25, 0.3) is 0 Å². The first-order valence-electron chi connectivity index (χ1n) is 6.04. The van der Waals surface area contributed by atoms with Crippen molar-refractivity contribution in [2.24, 2.45) is 5.92 Å². The number of hydrogen-bond donors (Lipinski definition) is 1. The average Bonchev–Trinajstić information content (AvgIpc) is 2.90. The minimum atomic E-state index is -0.929. The third-order valence-corrected chi connectivity index (χ3v) is 3.28. The molecule has 5 heteroatoms. The second-order valence-electron chi connectivity index (χ2n) is 5.88. The van der Waals surface area contributed by atoms with Gasteiger partial charge in [0.15, 0.2) is 0 Å². The number of carbonyl (C=O) groups excluding carboxylic acids is 1.